The van der Waals surface area contributed by atoms with Crippen LogP contribution in [0.4, 0.5) is 5.69 Å². The van der Waals surface area contributed by atoms with Crippen molar-refractivity contribution in [2.75, 3.05) is 58.4 Å². The van der Waals surface area contributed by atoms with Crippen molar-refractivity contribution in [1.82, 2.24) is 10.2 Å². The van der Waals surface area contributed by atoms with Crippen LogP contribution in [0.1, 0.15) is 20.7 Å². The van der Waals surface area contributed by atoms with E-state index in [-0.39, 0.29) is 5.91 Å². The van der Waals surface area contributed by atoms with Crippen LogP contribution in [-0.2, 0) is 4.74 Å². The van der Waals surface area contributed by atoms with Gasteiger partial charge < -0.3 is 19.7 Å². The van der Waals surface area contributed by atoms with Crippen molar-refractivity contribution >= 4 is 17.6 Å². The lowest BCUT2D eigenvalue weighted by molar-refractivity contribution is 0.0600. The number of carbonyl (C=O) groups excluding carboxylic acids is 2. The van der Waals surface area contributed by atoms with Crippen molar-refractivity contribution in [3.63, 3.8) is 0 Å². The van der Waals surface area contributed by atoms with E-state index in [4.69, 9.17) is 4.74 Å². The fourth-order valence-electron chi connectivity index (χ4n) is 3.41. The first-order chi connectivity index (χ1) is 14.1. The highest BCUT2D eigenvalue weighted by atomic mass is 16.5. The zero-order valence-corrected chi connectivity index (χ0v) is 16.9. The summed E-state index contributed by atoms with van der Waals surface area (Å²) < 4.78 is 10.1. The average Bonchev–Trinajstić information content (AvgIpc) is 2.79. The molecule has 0 aromatic heterocycles. The summed E-state index contributed by atoms with van der Waals surface area (Å²) in [6, 6.07) is 14.5. The average molecular weight is 397 g/mol. The number of rotatable bonds is 7. The monoisotopic (exact) mass is 397 g/mol. The molecule has 0 unspecified atom stereocenters. The predicted molar refractivity (Wildman–Crippen MR) is 112 cm³/mol. The number of esters is 1. The van der Waals surface area contributed by atoms with Crippen LogP contribution >= 0.6 is 0 Å². The zero-order chi connectivity index (χ0) is 20.6. The summed E-state index contributed by atoms with van der Waals surface area (Å²) in [5.41, 5.74) is 2.08. The number of hydrogen-bond donors (Lipinski definition) is 1. The van der Waals surface area contributed by atoms with Gasteiger partial charge in [-0.25, -0.2) is 4.79 Å². The maximum atomic E-state index is 12.3. The Labute approximate surface area is 171 Å². The van der Waals surface area contributed by atoms with Gasteiger partial charge >= 0.3 is 5.97 Å². The Bertz CT molecular complexity index is 830. The number of benzene rings is 2. The Morgan fingerprint density at radius 1 is 0.931 bits per heavy atom. The van der Waals surface area contributed by atoms with Gasteiger partial charge in [0.25, 0.3) is 5.91 Å². The Morgan fingerprint density at radius 3 is 2.24 bits per heavy atom. The molecule has 2 aromatic rings. The van der Waals surface area contributed by atoms with Gasteiger partial charge in [0.2, 0.25) is 0 Å². The van der Waals surface area contributed by atoms with Crippen LogP contribution in [-0.4, -0.2) is 70.3 Å². The number of nitrogens with one attached hydrogen (secondary N) is 1. The molecule has 0 aliphatic carbocycles. The van der Waals surface area contributed by atoms with Crippen LogP contribution in [0.2, 0.25) is 0 Å². The minimum absolute atomic E-state index is 0.144. The molecule has 1 saturated heterocycles. The summed E-state index contributed by atoms with van der Waals surface area (Å²) in [4.78, 5) is 28.4. The molecule has 1 aliphatic rings. The molecular weight excluding hydrogens is 370 g/mol. The van der Waals surface area contributed by atoms with Gasteiger partial charge in [-0.1, -0.05) is 12.1 Å². The Hall–Kier alpha value is -3.06. The topological polar surface area (TPSA) is 71.1 Å². The van der Waals surface area contributed by atoms with Gasteiger partial charge in [0.15, 0.2) is 0 Å². The number of piperazine rings is 1. The van der Waals surface area contributed by atoms with Gasteiger partial charge in [-0.05, 0) is 36.4 Å². The van der Waals surface area contributed by atoms with E-state index in [0.29, 0.717) is 17.7 Å². The van der Waals surface area contributed by atoms with Gasteiger partial charge in [-0.2, -0.15) is 0 Å². The molecule has 0 atom stereocenters. The van der Waals surface area contributed by atoms with Crippen LogP contribution in [0.3, 0.4) is 0 Å². The highest BCUT2D eigenvalue weighted by Gasteiger charge is 2.19. The van der Waals surface area contributed by atoms with Gasteiger partial charge in [0.1, 0.15) is 5.75 Å². The highest BCUT2D eigenvalue weighted by molar-refractivity contribution is 5.96. The predicted octanol–water partition coefficient (Wildman–Crippen LogP) is 2.03. The van der Waals surface area contributed by atoms with Crippen LogP contribution in [0.25, 0.3) is 0 Å². The quantitative estimate of drug-likeness (QED) is 0.721. The number of anilines is 1. The van der Waals surface area contributed by atoms with Crippen LogP contribution in [0.15, 0.2) is 48.5 Å². The summed E-state index contributed by atoms with van der Waals surface area (Å²) in [5, 5.41) is 2.94. The molecule has 1 heterocycles. The molecule has 1 amide bonds. The Balaban J connectivity index is 1.42. The number of hydrogen-bond acceptors (Lipinski definition) is 6. The van der Waals surface area contributed by atoms with E-state index >= 15 is 0 Å². The Morgan fingerprint density at radius 2 is 1.59 bits per heavy atom. The van der Waals surface area contributed by atoms with Crippen LogP contribution < -0.4 is 15.0 Å². The molecule has 0 saturated carbocycles. The fourth-order valence-corrected chi connectivity index (χ4v) is 3.41. The van der Waals surface area contributed by atoms with E-state index in [9.17, 15) is 9.59 Å². The summed E-state index contributed by atoms with van der Waals surface area (Å²) in [5.74, 6) is 0.338. The largest absolute Gasteiger partial charge is 0.495 e. The van der Waals surface area contributed by atoms with E-state index in [0.717, 1.165) is 44.2 Å². The van der Waals surface area contributed by atoms with Crippen molar-refractivity contribution in [1.29, 1.82) is 0 Å². The minimum Gasteiger partial charge on any atom is -0.495 e. The summed E-state index contributed by atoms with van der Waals surface area (Å²) in [6.07, 6.45) is 0. The SMILES string of the molecule is COC(=O)c1ccc(C(=O)NCCN2CCN(c3ccccc3OC)CC2)cc1. The number of amides is 1. The van der Waals surface area contributed by atoms with E-state index in [1.165, 1.54) is 7.11 Å². The molecule has 29 heavy (non-hydrogen) atoms. The third-order valence-corrected chi connectivity index (χ3v) is 5.08. The lowest BCUT2D eigenvalue weighted by Crippen LogP contribution is -2.48. The lowest BCUT2D eigenvalue weighted by atomic mass is 10.1. The fraction of sp³-hybridized carbons (Fsp3) is 0.364. The standard InChI is InChI=1S/C22H27N3O4/c1-28-20-6-4-3-5-19(20)25-15-13-24(14-16-25)12-11-23-21(26)17-7-9-18(10-8-17)22(27)29-2/h3-10H,11-16H2,1-2H3,(H,23,26). The van der Waals surface area contributed by atoms with Crippen LogP contribution in [0.5, 0.6) is 5.75 Å². The molecule has 0 bridgehead atoms. The third-order valence-electron chi connectivity index (χ3n) is 5.08. The van der Waals surface area contributed by atoms with Crippen molar-refractivity contribution in [3.05, 3.63) is 59.7 Å². The second-order valence-corrected chi connectivity index (χ2v) is 6.83. The van der Waals surface area contributed by atoms with E-state index in [1.54, 1.807) is 31.4 Å². The van der Waals surface area contributed by atoms with Gasteiger partial charge in [0.05, 0.1) is 25.5 Å². The van der Waals surface area contributed by atoms with Crippen molar-refractivity contribution in [3.8, 4) is 5.75 Å². The van der Waals surface area contributed by atoms with E-state index in [2.05, 4.69) is 25.9 Å². The minimum atomic E-state index is -0.413. The molecule has 0 radical (unpaired) electrons. The smallest absolute Gasteiger partial charge is 0.337 e. The van der Waals surface area contributed by atoms with E-state index in [1.807, 2.05) is 18.2 Å². The second-order valence-electron chi connectivity index (χ2n) is 6.83. The molecule has 0 spiro atoms. The first kappa shape index (κ1) is 20.7. The molecule has 154 valence electrons. The summed E-state index contributed by atoms with van der Waals surface area (Å²) in [7, 11) is 3.03. The number of carbonyl (C=O) groups is 2. The molecule has 1 fully saturated rings. The van der Waals surface area contributed by atoms with Crippen LogP contribution in [0, 0.1) is 0 Å². The molecule has 3 rings (SSSR count). The number of methoxy groups -OCH3 is 2. The maximum absolute atomic E-state index is 12.3. The molecule has 7 nitrogen and oxygen atoms in total. The van der Waals surface area contributed by atoms with Gasteiger partial charge in [-0.3, -0.25) is 9.69 Å². The Kier molecular flexibility index (Phi) is 7.08. The second kappa shape index (κ2) is 9.93. The molecule has 2 aromatic carbocycles. The molecule has 7 heteroatoms. The molecule has 1 aliphatic heterocycles. The first-order valence-electron chi connectivity index (χ1n) is 9.69. The van der Waals surface area contributed by atoms with Crippen molar-refractivity contribution in [2.45, 2.75) is 0 Å². The zero-order valence-electron chi connectivity index (χ0n) is 16.9. The number of para-hydroxylation sites is 2. The molecular formula is C22H27N3O4. The lowest BCUT2D eigenvalue weighted by Gasteiger charge is -2.36. The van der Waals surface area contributed by atoms with Gasteiger partial charge in [-0.15, -0.1) is 0 Å². The first-order valence-corrected chi connectivity index (χ1v) is 9.69. The maximum Gasteiger partial charge on any atom is 0.337 e. The normalized spacial score (nSPS) is 14.3. The third kappa shape index (κ3) is 5.26. The molecule has 1 N–H and O–H groups in total. The van der Waals surface area contributed by atoms with E-state index < -0.39 is 5.97 Å². The highest BCUT2D eigenvalue weighted by Crippen LogP contribution is 2.28. The van der Waals surface area contributed by atoms with Gasteiger partial charge in [0, 0.05) is 44.8 Å². The number of nitrogens with zero attached hydrogens (tertiary/aromatic N) is 2. The summed E-state index contributed by atoms with van der Waals surface area (Å²) >= 11 is 0. The van der Waals surface area contributed by atoms with Crippen molar-refractivity contribution in [2.24, 2.45) is 0 Å². The summed E-state index contributed by atoms with van der Waals surface area (Å²) in [6.45, 7) is 5.08. The number of ether oxygens (including phenoxy) is 2. The van der Waals surface area contributed by atoms with Crippen molar-refractivity contribution < 1.29 is 19.1 Å².